The maximum Gasteiger partial charge on any atom is 0.186 e. The summed E-state index contributed by atoms with van der Waals surface area (Å²) in [5.74, 6) is 0.511. The zero-order valence-corrected chi connectivity index (χ0v) is 10.7. The van der Waals surface area contributed by atoms with Gasteiger partial charge in [0, 0.05) is 18.2 Å². The van der Waals surface area contributed by atoms with E-state index < -0.39 is 0 Å². The number of ether oxygens (including phenoxy) is 1. The number of benzene rings is 1. The number of aromatic nitrogens is 1. The molecule has 0 amide bonds. The van der Waals surface area contributed by atoms with Gasteiger partial charge < -0.3 is 20.2 Å². The summed E-state index contributed by atoms with van der Waals surface area (Å²) in [6, 6.07) is 8.10. The van der Waals surface area contributed by atoms with Gasteiger partial charge in [-0.3, -0.25) is 0 Å². The number of fused-ring (bicyclic) bond motifs is 1. The van der Waals surface area contributed by atoms with Gasteiger partial charge in [-0.15, -0.1) is 0 Å². The lowest BCUT2D eigenvalue weighted by Gasteiger charge is -2.14. The molecule has 1 atom stereocenters. The Bertz CT molecular complexity index is 666. The molecule has 1 aliphatic rings. The molecule has 0 saturated heterocycles. The molecule has 0 radical (unpaired) electrons. The molecular formula is C14H14FN3O2. The molecular weight excluding hydrogens is 261 g/mol. The van der Waals surface area contributed by atoms with Crippen LogP contribution in [-0.4, -0.2) is 21.7 Å². The third kappa shape index (κ3) is 2.20. The molecule has 20 heavy (non-hydrogen) atoms. The highest BCUT2D eigenvalue weighted by molar-refractivity contribution is 5.95. The van der Waals surface area contributed by atoms with Crippen molar-refractivity contribution in [2.45, 2.75) is 19.1 Å². The number of oxime groups is 1. The van der Waals surface area contributed by atoms with Crippen LogP contribution in [0.5, 0.6) is 5.75 Å². The normalized spacial score (nSPS) is 17.9. The van der Waals surface area contributed by atoms with Gasteiger partial charge in [0.2, 0.25) is 0 Å². The standard InChI is InChI=1S/C14H14FN3O2/c15-10-3-4-13-9(6-10)7-11(20-13)8-18-5-1-2-12(18)14(16)17-19/h1-6,11,19H,7-8H2,(H2,16,17). The summed E-state index contributed by atoms with van der Waals surface area (Å²) in [6.07, 6.45) is 2.38. The van der Waals surface area contributed by atoms with Gasteiger partial charge in [-0.2, -0.15) is 0 Å². The third-order valence-electron chi connectivity index (χ3n) is 3.36. The molecule has 5 nitrogen and oxygen atoms in total. The number of nitrogens with zero attached hydrogens (tertiary/aromatic N) is 2. The van der Waals surface area contributed by atoms with Gasteiger partial charge in [-0.1, -0.05) is 5.16 Å². The maximum absolute atomic E-state index is 13.2. The largest absolute Gasteiger partial charge is 0.488 e. The Balaban J connectivity index is 1.77. The minimum Gasteiger partial charge on any atom is -0.488 e. The molecule has 1 unspecified atom stereocenters. The summed E-state index contributed by atoms with van der Waals surface area (Å²) in [6.45, 7) is 0.550. The van der Waals surface area contributed by atoms with E-state index in [1.807, 2.05) is 16.8 Å². The lowest BCUT2D eigenvalue weighted by Crippen LogP contribution is -2.25. The summed E-state index contributed by atoms with van der Waals surface area (Å²) in [5.41, 5.74) is 7.10. The zero-order chi connectivity index (χ0) is 14.1. The number of nitrogens with two attached hydrogens (primary N) is 1. The minimum absolute atomic E-state index is 0.0524. The van der Waals surface area contributed by atoms with Crippen molar-refractivity contribution in [1.29, 1.82) is 0 Å². The lowest BCUT2D eigenvalue weighted by molar-refractivity contribution is 0.209. The molecule has 3 N–H and O–H groups in total. The van der Waals surface area contributed by atoms with Crippen LogP contribution in [0.4, 0.5) is 4.39 Å². The number of rotatable bonds is 3. The van der Waals surface area contributed by atoms with Gasteiger partial charge in [0.1, 0.15) is 17.7 Å². The molecule has 0 saturated carbocycles. The fourth-order valence-electron chi connectivity index (χ4n) is 2.47. The highest BCUT2D eigenvalue weighted by atomic mass is 19.1. The average Bonchev–Trinajstić information content (AvgIpc) is 3.04. The van der Waals surface area contributed by atoms with Gasteiger partial charge in [-0.05, 0) is 30.3 Å². The van der Waals surface area contributed by atoms with E-state index in [-0.39, 0.29) is 17.8 Å². The Kier molecular flexibility index (Phi) is 3.06. The first-order valence-electron chi connectivity index (χ1n) is 6.25. The van der Waals surface area contributed by atoms with Crippen molar-refractivity contribution < 1.29 is 14.3 Å². The Hall–Kier alpha value is -2.50. The molecule has 0 aliphatic carbocycles. The Morgan fingerprint density at radius 1 is 1.50 bits per heavy atom. The van der Waals surface area contributed by atoms with Crippen molar-refractivity contribution in [2.75, 3.05) is 0 Å². The van der Waals surface area contributed by atoms with Crippen molar-refractivity contribution in [3.8, 4) is 5.75 Å². The van der Waals surface area contributed by atoms with E-state index >= 15 is 0 Å². The van der Waals surface area contributed by atoms with E-state index in [1.165, 1.54) is 12.1 Å². The topological polar surface area (TPSA) is 72.8 Å². The fraction of sp³-hybridized carbons (Fsp3) is 0.214. The summed E-state index contributed by atoms with van der Waals surface area (Å²) in [4.78, 5) is 0. The van der Waals surface area contributed by atoms with Crippen molar-refractivity contribution in [2.24, 2.45) is 10.9 Å². The van der Waals surface area contributed by atoms with Gasteiger partial charge >= 0.3 is 0 Å². The summed E-state index contributed by atoms with van der Waals surface area (Å²) in [5, 5.41) is 11.7. The molecule has 104 valence electrons. The van der Waals surface area contributed by atoms with Gasteiger partial charge in [0.15, 0.2) is 5.84 Å². The first-order valence-corrected chi connectivity index (χ1v) is 6.25. The second kappa shape index (κ2) is 4.88. The Morgan fingerprint density at radius 3 is 3.15 bits per heavy atom. The van der Waals surface area contributed by atoms with E-state index in [0.29, 0.717) is 24.4 Å². The molecule has 0 fully saturated rings. The van der Waals surface area contributed by atoms with Crippen LogP contribution in [0.25, 0.3) is 0 Å². The molecule has 6 heteroatoms. The van der Waals surface area contributed by atoms with Crippen LogP contribution in [0.1, 0.15) is 11.3 Å². The van der Waals surface area contributed by atoms with Crippen molar-refractivity contribution >= 4 is 5.84 Å². The third-order valence-corrected chi connectivity index (χ3v) is 3.36. The predicted octanol–water partition coefficient (Wildman–Crippen LogP) is 1.73. The number of hydrogen-bond acceptors (Lipinski definition) is 3. The summed E-state index contributed by atoms with van der Waals surface area (Å²) >= 11 is 0. The smallest absolute Gasteiger partial charge is 0.186 e. The SMILES string of the molecule is N/C(=N/O)c1cccn1CC1Cc2cc(F)ccc2O1. The first kappa shape index (κ1) is 12.5. The second-order valence-corrected chi connectivity index (χ2v) is 4.73. The van der Waals surface area contributed by atoms with Crippen LogP contribution in [0.15, 0.2) is 41.7 Å². The van der Waals surface area contributed by atoms with Crippen LogP contribution in [0.3, 0.4) is 0 Å². The number of hydrogen-bond donors (Lipinski definition) is 2. The van der Waals surface area contributed by atoms with Crippen LogP contribution in [-0.2, 0) is 13.0 Å². The average molecular weight is 275 g/mol. The molecule has 0 bridgehead atoms. The minimum atomic E-state index is -0.258. The first-order chi connectivity index (χ1) is 9.67. The number of amidine groups is 1. The quantitative estimate of drug-likeness (QED) is 0.388. The van der Waals surface area contributed by atoms with Crippen molar-refractivity contribution in [1.82, 2.24) is 4.57 Å². The van der Waals surface area contributed by atoms with Crippen LogP contribution >= 0.6 is 0 Å². The highest BCUT2D eigenvalue weighted by Gasteiger charge is 2.24. The van der Waals surface area contributed by atoms with Gasteiger partial charge in [0.25, 0.3) is 0 Å². The lowest BCUT2D eigenvalue weighted by atomic mass is 10.1. The Labute approximate surface area is 115 Å². The zero-order valence-electron chi connectivity index (χ0n) is 10.7. The molecule has 1 aliphatic heterocycles. The van der Waals surface area contributed by atoms with Crippen LogP contribution in [0, 0.1) is 5.82 Å². The van der Waals surface area contributed by atoms with Gasteiger partial charge in [-0.25, -0.2) is 4.39 Å². The second-order valence-electron chi connectivity index (χ2n) is 4.73. The molecule has 0 spiro atoms. The fourth-order valence-corrected chi connectivity index (χ4v) is 2.47. The van der Waals surface area contributed by atoms with E-state index in [1.54, 1.807) is 12.1 Å². The molecule has 1 aromatic heterocycles. The van der Waals surface area contributed by atoms with Crippen LogP contribution < -0.4 is 10.5 Å². The number of halogens is 1. The molecule has 1 aromatic carbocycles. The van der Waals surface area contributed by atoms with Gasteiger partial charge in [0.05, 0.1) is 12.2 Å². The highest BCUT2D eigenvalue weighted by Crippen LogP contribution is 2.30. The maximum atomic E-state index is 13.2. The van der Waals surface area contributed by atoms with Crippen molar-refractivity contribution in [3.05, 3.63) is 53.6 Å². The molecule has 2 aromatic rings. The van der Waals surface area contributed by atoms with E-state index in [4.69, 9.17) is 15.7 Å². The molecule has 2 heterocycles. The van der Waals surface area contributed by atoms with E-state index in [0.717, 1.165) is 5.56 Å². The summed E-state index contributed by atoms with van der Waals surface area (Å²) < 4.78 is 20.8. The Morgan fingerprint density at radius 2 is 2.35 bits per heavy atom. The summed E-state index contributed by atoms with van der Waals surface area (Å²) in [7, 11) is 0. The van der Waals surface area contributed by atoms with Crippen molar-refractivity contribution in [3.63, 3.8) is 0 Å². The predicted molar refractivity (Wildman–Crippen MR) is 71.5 cm³/mol. The van der Waals surface area contributed by atoms with E-state index in [2.05, 4.69) is 5.16 Å². The molecule has 3 rings (SSSR count). The monoisotopic (exact) mass is 275 g/mol. The van der Waals surface area contributed by atoms with Crippen LogP contribution in [0.2, 0.25) is 0 Å². The van der Waals surface area contributed by atoms with E-state index in [9.17, 15) is 4.39 Å².